The number of nitrogens with one attached hydrogen (secondary N) is 1. The van der Waals surface area contributed by atoms with E-state index in [1.807, 2.05) is 37.3 Å². The maximum Gasteiger partial charge on any atom is 0.259 e. The molecule has 31 heavy (non-hydrogen) atoms. The van der Waals surface area contributed by atoms with E-state index in [9.17, 15) is 4.79 Å². The van der Waals surface area contributed by atoms with Crippen molar-refractivity contribution in [3.63, 3.8) is 0 Å². The summed E-state index contributed by atoms with van der Waals surface area (Å²) in [6, 6.07) is 17.1. The van der Waals surface area contributed by atoms with Gasteiger partial charge in [-0.1, -0.05) is 31.5 Å². The number of nitrogens with zero attached hydrogens (tertiary/aromatic N) is 1. The summed E-state index contributed by atoms with van der Waals surface area (Å²) in [5, 5.41) is 2.86. The standard InChI is InChI=1S/C25H29N3O3/c1-4-5-8-18-9-6-7-10-23(18)31-20-13-11-19(12-14-20)27-25(29)21-15-17(2)22(16-30-3)28-24(21)26/h6-7,9-15H,4-5,8,16H2,1-3H3,(H2,26,28)(H,27,29). The Hall–Kier alpha value is -3.38. The Morgan fingerprint density at radius 1 is 1.13 bits per heavy atom. The molecule has 0 saturated carbocycles. The van der Waals surface area contributed by atoms with Crippen molar-refractivity contribution in [2.75, 3.05) is 18.2 Å². The molecule has 0 fully saturated rings. The number of para-hydroxylation sites is 1. The molecule has 0 spiro atoms. The number of carbonyl (C=O) groups excluding carboxylic acids is 1. The number of hydrogen-bond donors (Lipinski definition) is 2. The summed E-state index contributed by atoms with van der Waals surface area (Å²) in [4.78, 5) is 17.0. The van der Waals surface area contributed by atoms with Gasteiger partial charge in [0.15, 0.2) is 0 Å². The third-order valence-corrected chi connectivity index (χ3v) is 4.99. The minimum atomic E-state index is -0.310. The zero-order valence-electron chi connectivity index (χ0n) is 18.3. The zero-order valence-corrected chi connectivity index (χ0v) is 18.3. The molecule has 0 aliphatic heterocycles. The van der Waals surface area contributed by atoms with Crippen LogP contribution in [0, 0.1) is 6.92 Å². The number of aromatic nitrogens is 1. The molecule has 162 valence electrons. The Balaban J connectivity index is 1.69. The van der Waals surface area contributed by atoms with Gasteiger partial charge in [0.1, 0.15) is 17.3 Å². The largest absolute Gasteiger partial charge is 0.457 e. The minimum absolute atomic E-state index is 0.179. The first-order valence-electron chi connectivity index (χ1n) is 10.4. The highest BCUT2D eigenvalue weighted by Crippen LogP contribution is 2.27. The van der Waals surface area contributed by atoms with Crippen LogP contribution in [-0.2, 0) is 17.8 Å². The fourth-order valence-electron chi connectivity index (χ4n) is 3.24. The summed E-state index contributed by atoms with van der Waals surface area (Å²) in [5.41, 5.74) is 9.73. The van der Waals surface area contributed by atoms with Gasteiger partial charge in [-0.15, -0.1) is 0 Å². The van der Waals surface area contributed by atoms with E-state index in [0.717, 1.165) is 36.3 Å². The highest BCUT2D eigenvalue weighted by atomic mass is 16.5. The van der Waals surface area contributed by atoms with Crippen molar-refractivity contribution in [1.82, 2.24) is 4.98 Å². The summed E-state index contributed by atoms with van der Waals surface area (Å²) >= 11 is 0. The van der Waals surface area contributed by atoms with Gasteiger partial charge < -0.3 is 20.5 Å². The molecule has 6 heteroatoms. The average molecular weight is 420 g/mol. The Labute approximate surface area is 183 Å². The van der Waals surface area contributed by atoms with Crippen LogP contribution in [-0.4, -0.2) is 18.0 Å². The number of nitrogens with two attached hydrogens (primary N) is 1. The van der Waals surface area contributed by atoms with E-state index in [0.29, 0.717) is 23.6 Å². The molecule has 3 rings (SSSR count). The van der Waals surface area contributed by atoms with Crippen molar-refractivity contribution in [1.29, 1.82) is 0 Å². The third-order valence-electron chi connectivity index (χ3n) is 4.99. The van der Waals surface area contributed by atoms with Crippen LogP contribution >= 0.6 is 0 Å². The van der Waals surface area contributed by atoms with Gasteiger partial charge >= 0.3 is 0 Å². The molecule has 3 N–H and O–H groups in total. The van der Waals surface area contributed by atoms with Gasteiger partial charge in [-0.25, -0.2) is 4.98 Å². The molecule has 0 aliphatic rings. The maximum absolute atomic E-state index is 12.7. The van der Waals surface area contributed by atoms with Crippen LogP contribution in [0.5, 0.6) is 11.5 Å². The lowest BCUT2D eigenvalue weighted by Gasteiger charge is -2.13. The second-order valence-electron chi connectivity index (χ2n) is 7.41. The molecule has 0 radical (unpaired) electrons. The average Bonchev–Trinajstić information content (AvgIpc) is 2.77. The summed E-state index contributed by atoms with van der Waals surface area (Å²) < 4.78 is 11.2. The van der Waals surface area contributed by atoms with E-state index in [1.54, 1.807) is 25.3 Å². The van der Waals surface area contributed by atoms with Gasteiger partial charge in [0.2, 0.25) is 0 Å². The van der Waals surface area contributed by atoms with Crippen LogP contribution in [0.3, 0.4) is 0 Å². The molecule has 6 nitrogen and oxygen atoms in total. The van der Waals surface area contributed by atoms with E-state index >= 15 is 0 Å². The molecule has 1 aromatic heterocycles. The minimum Gasteiger partial charge on any atom is -0.457 e. The molecule has 0 saturated heterocycles. The molecule has 1 heterocycles. The fourth-order valence-corrected chi connectivity index (χ4v) is 3.24. The number of hydrogen-bond acceptors (Lipinski definition) is 5. The first-order valence-corrected chi connectivity index (χ1v) is 10.4. The number of methoxy groups -OCH3 is 1. The topological polar surface area (TPSA) is 86.5 Å². The summed E-state index contributed by atoms with van der Waals surface area (Å²) in [7, 11) is 1.59. The van der Waals surface area contributed by atoms with Crippen molar-refractivity contribution in [2.45, 2.75) is 39.7 Å². The van der Waals surface area contributed by atoms with Crippen molar-refractivity contribution < 1.29 is 14.3 Å². The van der Waals surface area contributed by atoms with Crippen LogP contribution in [0.15, 0.2) is 54.6 Å². The van der Waals surface area contributed by atoms with Gasteiger partial charge in [0, 0.05) is 12.8 Å². The van der Waals surface area contributed by atoms with Crippen molar-refractivity contribution >= 4 is 17.4 Å². The van der Waals surface area contributed by atoms with Gasteiger partial charge in [-0.2, -0.15) is 0 Å². The van der Waals surface area contributed by atoms with Crippen molar-refractivity contribution in [2.24, 2.45) is 0 Å². The molecule has 1 amide bonds. The number of carbonyl (C=O) groups is 1. The van der Waals surface area contributed by atoms with Crippen LogP contribution in [0.2, 0.25) is 0 Å². The number of amides is 1. The first-order chi connectivity index (χ1) is 15.0. The molecule has 2 aromatic carbocycles. The number of anilines is 2. The van der Waals surface area contributed by atoms with Gasteiger partial charge in [0.25, 0.3) is 5.91 Å². The quantitative estimate of drug-likeness (QED) is 0.478. The summed E-state index contributed by atoms with van der Waals surface area (Å²) in [6.07, 6.45) is 3.24. The lowest BCUT2D eigenvalue weighted by Crippen LogP contribution is -2.16. The SMILES string of the molecule is CCCCc1ccccc1Oc1ccc(NC(=O)c2cc(C)c(COC)nc2N)cc1. The van der Waals surface area contributed by atoms with Gasteiger partial charge in [-0.05, 0) is 67.3 Å². The number of ether oxygens (including phenoxy) is 2. The smallest absolute Gasteiger partial charge is 0.259 e. The Morgan fingerprint density at radius 2 is 1.87 bits per heavy atom. The first kappa shape index (κ1) is 22.3. The predicted molar refractivity (Wildman–Crippen MR) is 124 cm³/mol. The van der Waals surface area contributed by atoms with Gasteiger partial charge in [-0.3, -0.25) is 4.79 Å². The predicted octanol–water partition coefficient (Wildman–Crippen LogP) is 5.51. The number of nitrogen functional groups attached to an aromatic ring is 1. The fraction of sp³-hybridized carbons (Fsp3) is 0.280. The Kier molecular flexibility index (Phi) is 7.62. The van der Waals surface area contributed by atoms with E-state index in [-0.39, 0.29) is 11.7 Å². The lowest BCUT2D eigenvalue weighted by molar-refractivity contribution is 0.102. The number of unbranched alkanes of at least 4 members (excludes halogenated alkanes) is 1. The number of rotatable bonds is 9. The number of aryl methyl sites for hydroxylation is 2. The van der Waals surface area contributed by atoms with Crippen molar-refractivity contribution in [3.8, 4) is 11.5 Å². The van der Waals surface area contributed by atoms with Crippen LogP contribution in [0.1, 0.15) is 46.9 Å². The highest BCUT2D eigenvalue weighted by Gasteiger charge is 2.14. The highest BCUT2D eigenvalue weighted by molar-refractivity contribution is 6.07. The summed E-state index contributed by atoms with van der Waals surface area (Å²) in [5.74, 6) is 1.44. The molecule has 0 bridgehead atoms. The van der Waals surface area contributed by atoms with E-state index in [4.69, 9.17) is 15.2 Å². The maximum atomic E-state index is 12.7. The number of pyridine rings is 1. The normalized spacial score (nSPS) is 10.7. The van der Waals surface area contributed by atoms with Crippen LogP contribution in [0.4, 0.5) is 11.5 Å². The summed E-state index contributed by atoms with van der Waals surface area (Å²) in [6.45, 7) is 4.40. The van der Waals surface area contributed by atoms with E-state index in [2.05, 4.69) is 23.3 Å². The van der Waals surface area contributed by atoms with Gasteiger partial charge in [0.05, 0.1) is 17.9 Å². The molecule has 0 aliphatic carbocycles. The second-order valence-corrected chi connectivity index (χ2v) is 7.41. The van der Waals surface area contributed by atoms with E-state index in [1.165, 1.54) is 5.56 Å². The number of benzene rings is 2. The monoisotopic (exact) mass is 419 g/mol. The van der Waals surface area contributed by atoms with Crippen molar-refractivity contribution in [3.05, 3.63) is 77.0 Å². The van der Waals surface area contributed by atoms with Crippen LogP contribution in [0.25, 0.3) is 0 Å². The Bertz CT molecular complexity index is 1030. The molecule has 0 unspecified atom stereocenters. The third kappa shape index (κ3) is 5.83. The lowest BCUT2D eigenvalue weighted by atomic mass is 10.1. The van der Waals surface area contributed by atoms with E-state index < -0.39 is 0 Å². The molecular formula is C25H29N3O3. The second kappa shape index (κ2) is 10.6. The zero-order chi connectivity index (χ0) is 22.2. The molecule has 0 atom stereocenters. The molecular weight excluding hydrogens is 390 g/mol. The van der Waals surface area contributed by atoms with Crippen LogP contribution < -0.4 is 15.8 Å². The molecule has 3 aromatic rings. The Morgan fingerprint density at radius 3 is 2.58 bits per heavy atom.